The summed E-state index contributed by atoms with van der Waals surface area (Å²) in [4.78, 5) is 0. The zero-order chi connectivity index (χ0) is 21.3. The molecule has 0 saturated carbocycles. The minimum atomic E-state index is -3.33. The van der Waals surface area contributed by atoms with Gasteiger partial charge in [0.15, 0.2) is 0 Å². The molecule has 0 aliphatic heterocycles. The molecule has 154 valence electrons. The Bertz CT molecular complexity index is 1240. The molecule has 4 heteroatoms. The Hall–Kier alpha value is -2.85. The van der Waals surface area contributed by atoms with Gasteiger partial charge in [-0.05, 0) is 77.3 Å². The summed E-state index contributed by atoms with van der Waals surface area (Å²) < 4.78 is 26.1. The van der Waals surface area contributed by atoms with Crippen molar-refractivity contribution < 1.29 is 8.42 Å². The maximum absolute atomic E-state index is 11.7. The van der Waals surface area contributed by atoms with Crippen LogP contribution in [0.5, 0.6) is 0 Å². The van der Waals surface area contributed by atoms with Crippen LogP contribution in [-0.4, -0.2) is 14.7 Å². The van der Waals surface area contributed by atoms with E-state index in [1.54, 1.807) is 6.07 Å². The van der Waals surface area contributed by atoms with Gasteiger partial charge in [-0.25, -0.2) is 8.42 Å². The van der Waals surface area contributed by atoms with E-state index in [1.165, 1.54) is 45.2 Å². The standard InChI is InChI=1S/C26H27NO2S/c1-4-23(20-9-7-10-22(17-20)27-30(3,28)29)26-24-11-6-5-8-19(24)13-14-21-16-18(2)12-15-25(21)26/h5-12,15-17,27H,4,13-14H2,1-3H3/b26-23+. The Morgan fingerprint density at radius 1 is 0.900 bits per heavy atom. The van der Waals surface area contributed by atoms with E-state index in [1.807, 2.05) is 12.1 Å². The number of rotatable bonds is 4. The van der Waals surface area contributed by atoms with Crippen LogP contribution < -0.4 is 4.72 Å². The lowest BCUT2D eigenvalue weighted by Crippen LogP contribution is -2.09. The van der Waals surface area contributed by atoms with Gasteiger partial charge in [0.1, 0.15) is 0 Å². The topological polar surface area (TPSA) is 46.2 Å². The van der Waals surface area contributed by atoms with Gasteiger partial charge in [0.05, 0.1) is 6.26 Å². The third kappa shape index (κ3) is 4.19. The Morgan fingerprint density at radius 3 is 2.40 bits per heavy atom. The van der Waals surface area contributed by atoms with Crippen molar-refractivity contribution in [3.05, 3.63) is 100 Å². The van der Waals surface area contributed by atoms with E-state index in [0.717, 1.165) is 24.8 Å². The zero-order valence-corrected chi connectivity index (χ0v) is 18.5. The number of aryl methyl sites for hydroxylation is 3. The molecule has 30 heavy (non-hydrogen) atoms. The molecule has 0 radical (unpaired) electrons. The number of allylic oxidation sites excluding steroid dienone is 1. The number of sulfonamides is 1. The van der Waals surface area contributed by atoms with Crippen LogP contribution in [-0.2, 0) is 22.9 Å². The summed E-state index contributed by atoms with van der Waals surface area (Å²) >= 11 is 0. The van der Waals surface area contributed by atoms with Crippen molar-refractivity contribution in [1.29, 1.82) is 0 Å². The van der Waals surface area contributed by atoms with Gasteiger partial charge >= 0.3 is 0 Å². The van der Waals surface area contributed by atoms with E-state index in [2.05, 4.69) is 67.1 Å². The first-order valence-corrected chi connectivity index (χ1v) is 12.2. The second kappa shape index (κ2) is 8.11. The molecule has 0 atom stereocenters. The van der Waals surface area contributed by atoms with Gasteiger partial charge in [0, 0.05) is 5.69 Å². The van der Waals surface area contributed by atoms with Gasteiger partial charge in [-0.2, -0.15) is 0 Å². The monoisotopic (exact) mass is 417 g/mol. The Labute approximate surface area is 179 Å². The maximum Gasteiger partial charge on any atom is 0.229 e. The first kappa shape index (κ1) is 20.4. The highest BCUT2D eigenvalue weighted by Crippen LogP contribution is 2.40. The molecule has 0 aromatic heterocycles. The Morgan fingerprint density at radius 2 is 1.63 bits per heavy atom. The summed E-state index contributed by atoms with van der Waals surface area (Å²) in [5.41, 5.74) is 10.7. The summed E-state index contributed by atoms with van der Waals surface area (Å²) in [7, 11) is -3.33. The number of benzene rings is 3. The van der Waals surface area contributed by atoms with Gasteiger partial charge < -0.3 is 0 Å². The first-order valence-electron chi connectivity index (χ1n) is 10.4. The normalized spacial score (nSPS) is 15.0. The van der Waals surface area contributed by atoms with Crippen molar-refractivity contribution in [1.82, 2.24) is 0 Å². The van der Waals surface area contributed by atoms with Crippen LogP contribution in [0.4, 0.5) is 5.69 Å². The summed E-state index contributed by atoms with van der Waals surface area (Å²) in [6.07, 6.45) is 4.06. The van der Waals surface area contributed by atoms with Crippen LogP contribution in [0.3, 0.4) is 0 Å². The van der Waals surface area contributed by atoms with Crippen molar-refractivity contribution in [3.63, 3.8) is 0 Å². The molecule has 0 unspecified atom stereocenters. The third-order valence-electron chi connectivity index (χ3n) is 5.65. The van der Waals surface area contributed by atoms with Crippen LogP contribution in [0.1, 0.15) is 46.7 Å². The summed E-state index contributed by atoms with van der Waals surface area (Å²) in [6.45, 7) is 4.31. The van der Waals surface area contributed by atoms with Crippen LogP contribution in [0.15, 0.2) is 66.7 Å². The fourth-order valence-electron chi connectivity index (χ4n) is 4.40. The molecule has 0 bridgehead atoms. The average Bonchev–Trinajstić information content (AvgIpc) is 2.85. The molecular formula is C26H27NO2S. The number of hydrogen-bond donors (Lipinski definition) is 1. The van der Waals surface area contributed by atoms with Gasteiger partial charge in [-0.3, -0.25) is 4.72 Å². The van der Waals surface area contributed by atoms with Crippen LogP contribution in [0.25, 0.3) is 11.1 Å². The highest BCUT2D eigenvalue weighted by molar-refractivity contribution is 7.92. The number of hydrogen-bond acceptors (Lipinski definition) is 2. The van der Waals surface area contributed by atoms with Crippen LogP contribution in [0.2, 0.25) is 0 Å². The van der Waals surface area contributed by atoms with E-state index in [9.17, 15) is 8.42 Å². The molecule has 1 aliphatic carbocycles. The Balaban J connectivity index is 1.99. The van der Waals surface area contributed by atoms with E-state index >= 15 is 0 Å². The second-order valence-electron chi connectivity index (χ2n) is 7.98. The predicted octanol–water partition coefficient (Wildman–Crippen LogP) is 5.83. The highest BCUT2D eigenvalue weighted by atomic mass is 32.2. The molecule has 0 saturated heterocycles. The van der Waals surface area contributed by atoms with Crippen LogP contribution in [0, 0.1) is 6.92 Å². The molecular weight excluding hydrogens is 390 g/mol. The Kier molecular flexibility index (Phi) is 5.52. The lowest BCUT2D eigenvalue weighted by molar-refractivity contribution is 0.607. The molecule has 0 fully saturated rings. The third-order valence-corrected chi connectivity index (χ3v) is 6.26. The zero-order valence-electron chi connectivity index (χ0n) is 17.7. The molecule has 3 nitrogen and oxygen atoms in total. The smallest absolute Gasteiger partial charge is 0.229 e. The average molecular weight is 418 g/mol. The number of anilines is 1. The lowest BCUT2D eigenvalue weighted by atomic mass is 9.85. The highest BCUT2D eigenvalue weighted by Gasteiger charge is 2.21. The van der Waals surface area contributed by atoms with Crippen LogP contribution >= 0.6 is 0 Å². The number of nitrogens with one attached hydrogen (secondary N) is 1. The largest absolute Gasteiger partial charge is 0.284 e. The molecule has 0 spiro atoms. The van der Waals surface area contributed by atoms with Gasteiger partial charge in [0.2, 0.25) is 10.0 Å². The van der Waals surface area contributed by atoms with E-state index in [-0.39, 0.29) is 0 Å². The van der Waals surface area contributed by atoms with Crippen molar-refractivity contribution >= 4 is 26.9 Å². The van der Waals surface area contributed by atoms with Crippen molar-refractivity contribution in [2.45, 2.75) is 33.1 Å². The summed E-state index contributed by atoms with van der Waals surface area (Å²) in [5, 5.41) is 0. The predicted molar refractivity (Wildman–Crippen MR) is 126 cm³/mol. The maximum atomic E-state index is 11.7. The minimum Gasteiger partial charge on any atom is -0.284 e. The minimum absolute atomic E-state index is 0.590. The molecule has 3 aromatic carbocycles. The molecule has 0 heterocycles. The molecule has 4 rings (SSSR count). The molecule has 1 aliphatic rings. The van der Waals surface area contributed by atoms with Crippen molar-refractivity contribution in [2.75, 3.05) is 11.0 Å². The SMILES string of the molecule is CC/C(=C1/c2ccccc2CCc2cc(C)ccc21)c1cccc(NS(C)(=O)=O)c1. The van der Waals surface area contributed by atoms with E-state index < -0.39 is 10.0 Å². The van der Waals surface area contributed by atoms with Gasteiger partial charge in [-0.15, -0.1) is 0 Å². The van der Waals surface area contributed by atoms with Crippen molar-refractivity contribution in [3.8, 4) is 0 Å². The summed E-state index contributed by atoms with van der Waals surface area (Å²) in [5.74, 6) is 0. The van der Waals surface area contributed by atoms with E-state index in [4.69, 9.17) is 0 Å². The molecule has 3 aromatic rings. The first-order chi connectivity index (χ1) is 14.4. The molecule has 1 N–H and O–H groups in total. The van der Waals surface area contributed by atoms with Gasteiger partial charge in [-0.1, -0.05) is 67.1 Å². The van der Waals surface area contributed by atoms with E-state index in [0.29, 0.717) is 5.69 Å². The fraction of sp³-hybridized carbons (Fsp3) is 0.231. The second-order valence-corrected chi connectivity index (χ2v) is 9.73. The quantitative estimate of drug-likeness (QED) is 0.580. The lowest BCUT2D eigenvalue weighted by Gasteiger charge is -2.19. The van der Waals surface area contributed by atoms with Gasteiger partial charge in [0.25, 0.3) is 0 Å². The van der Waals surface area contributed by atoms with Crippen molar-refractivity contribution in [2.24, 2.45) is 0 Å². The number of fused-ring (bicyclic) bond motifs is 2. The fourth-order valence-corrected chi connectivity index (χ4v) is 4.96. The molecule has 0 amide bonds. The summed E-state index contributed by atoms with van der Waals surface area (Å²) in [6, 6.07) is 23.1.